The number of aromatic nitrogens is 1. The number of aliphatic carboxylic acids is 1. The summed E-state index contributed by atoms with van der Waals surface area (Å²) < 4.78 is 0. The molecule has 0 radical (unpaired) electrons. The molecule has 2 aromatic rings. The van der Waals surface area contributed by atoms with Crippen LogP contribution in [0, 0.1) is 22.7 Å². The molecule has 500 valence electrons. The second kappa shape index (κ2) is 36.5. The summed E-state index contributed by atoms with van der Waals surface area (Å²) in [5.41, 5.74) is 23.8. The van der Waals surface area contributed by atoms with Crippen LogP contribution >= 0.6 is 21.6 Å². The van der Waals surface area contributed by atoms with E-state index in [4.69, 9.17) is 33.8 Å². The third-order valence-corrected chi connectivity index (χ3v) is 18.1. The van der Waals surface area contributed by atoms with Crippen molar-refractivity contribution in [1.29, 1.82) is 10.8 Å². The van der Waals surface area contributed by atoms with E-state index in [-0.39, 0.29) is 107 Å². The standard InChI is InChI=1S/C57H85N17O15S2/c1-29-43(76)22-31(21-33-20-30-10-2-3-11-34(30)66-33)49(82)68-37(14-6-7-17-45(59)60)53(86)73-41(48(61)81)28-91-90-27-32-23-44(77)35(67-46(78)25-58)12-4-5-13-36(51(84)65-29)69-52(85)38(15-8-18-64-57(62)63)70-55(88)42-16-9-19-74(42)56(89)39(24-47(79)80)71-54(87)40(26-75)72-50(32)83/h2-3,10-11,20,29,31-32,35-42,66,75H,4-9,12-19,21-28,58H2,1H3,(H3,59,60)(H2,61,81)(H,65,84)(H,67,78)(H,68,82)(H,69,85)(H,70,88)(H,71,87)(H,72,83)(H,73,86)(H,79,80)(H4,62,63,64)/t29-,31+,32-,35-,36-,37-,38-,39-,40-,41-,42?/m0/s1. The average Bonchev–Trinajstić information content (AvgIpc) is 2.00. The number of rotatable bonds is 17. The molecule has 2 bridgehead atoms. The highest BCUT2D eigenvalue weighted by atomic mass is 33.1. The number of H-pyrrole nitrogens is 1. The van der Waals surface area contributed by atoms with Gasteiger partial charge in [-0.3, -0.25) is 73.1 Å². The lowest BCUT2D eigenvalue weighted by atomic mass is 9.92. The molecule has 3 saturated heterocycles. The Morgan fingerprint density at radius 3 is 2.02 bits per heavy atom. The molecule has 22 N–H and O–H groups in total. The van der Waals surface area contributed by atoms with Gasteiger partial charge >= 0.3 is 5.97 Å². The van der Waals surface area contributed by atoms with Gasteiger partial charge in [0.25, 0.3) is 0 Å². The smallest absolute Gasteiger partial charge is 0.305 e. The Kier molecular flexibility index (Phi) is 29.4. The lowest BCUT2D eigenvalue weighted by Crippen LogP contribution is -2.59. The van der Waals surface area contributed by atoms with Crippen LogP contribution in [0.4, 0.5) is 0 Å². The number of aliphatic hydroxyl groups is 1. The lowest BCUT2D eigenvalue weighted by Gasteiger charge is -2.30. The molecule has 0 aliphatic carbocycles. The van der Waals surface area contributed by atoms with Crippen molar-refractivity contribution in [2.45, 2.75) is 164 Å². The van der Waals surface area contributed by atoms with E-state index in [1.807, 2.05) is 18.2 Å². The summed E-state index contributed by atoms with van der Waals surface area (Å²) in [6.45, 7) is -0.431. The van der Waals surface area contributed by atoms with Gasteiger partial charge in [0.2, 0.25) is 59.1 Å². The first-order valence-electron chi connectivity index (χ1n) is 30.1. The number of hydrogen-bond acceptors (Lipinski definition) is 19. The van der Waals surface area contributed by atoms with Gasteiger partial charge in [0.05, 0.1) is 49.3 Å². The molecule has 3 aliphatic rings. The van der Waals surface area contributed by atoms with Crippen LogP contribution in [0.1, 0.15) is 109 Å². The molecule has 0 saturated carbocycles. The predicted molar refractivity (Wildman–Crippen MR) is 335 cm³/mol. The molecule has 3 fully saturated rings. The van der Waals surface area contributed by atoms with Crippen LogP contribution < -0.4 is 70.8 Å². The van der Waals surface area contributed by atoms with E-state index in [2.05, 4.69) is 52.8 Å². The number of nitrogens with zero attached hydrogens (tertiary/aromatic N) is 1. The molecule has 1 aromatic carbocycles. The molecule has 32 nitrogen and oxygen atoms in total. The van der Waals surface area contributed by atoms with Crippen molar-refractivity contribution in [2.24, 2.45) is 34.8 Å². The number of nitrogens with one attached hydrogen (secondary N) is 12. The maximum absolute atomic E-state index is 14.7. The van der Waals surface area contributed by atoms with Gasteiger partial charge in [-0.05, 0) is 82.2 Å². The van der Waals surface area contributed by atoms with Crippen LogP contribution in [0.3, 0.4) is 0 Å². The van der Waals surface area contributed by atoms with Crippen molar-refractivity contribution < 1.29 is 72.5 Å². The quantitative estimate of drug-likeness (QED) is 0.0315. The maximum Gasteiger partial charge on any atom is 0.305 e. The van der Waals surface area contributed by atoms with Gasteiger partial charge in [0.15, 0.2) is 17.5 Å². The first kappa shape index (κ1) is 73.4. The number of carbonyl (C=O) groups excluding carboxylic acids is 12. The lowest BCUT2D eigenvalue weighted by molar-refractivity contribution is -0.146. The molecule has 0 spiro atoms. The number of amidine groups is 1. The molecule has 4 heterocycles. The number of amides is 10. The largest absolute Gasteiger partial charge is 0.481 e. The number of Topliss-reactive ketones (excluding diaryl/α,β-unsaturated/α-hetero) is 2. The fraction of sp³-hybridized carbons (Fsp3) is 0.596. The number of para-hydroxylation sites is 1. The van der Waals surface area contributed by atoms with Crippen LogP contribution in [0.25, 0.3) is 10.9 Å². The summed E-state index contributed by atoms with van der Waals surface area (Å²) >= 11 is 0. The number of carbonyl (C=O) groups is 13. The Hall–Kier alpha value is -8.37. The molecule has 91 heavy (non-hydrogen) atoms. The van der Waals surface area contributed by atoms with Crippen LogP contribution in [-0.2, 0) is 68.7 Å². The van der Waals surface area contributed by atoms with Crippen molar-refractivity contribution in [3.05, 3.63) is 36.0 Å². The third kappa shape index (κ3) is 23.4. The molecular weight excluding hydrogens is 1230 g/mol. The summed E-state index contributed by atoms with van der Waals surface area (Å²) in [6.07, 6.45) is -1.81. The summed E-state index contributed by atoms with van der Waals surface area (Å²) in [4.78, 5) is 187. The Bertz CT molecular complexity index is 2970. The summed E-state index contributed by atoms with van der Waals surface area (Å²) in [6, 6.07) is -4.61. The monoisotopic (exact) mass is 1310 g/mol. The number of unbranched alkanes of at least 4 members (excludes halogenated alkanes) is 1. The number of carboxylic acids is 1. The number of hydrogen-bond donors (Lipinski definition) is 18. The van der Waals surface area contributed by atoms with Crippen LogP contribution in [0.15, 0.2) is 30.3 Å². The van der Waals surface area contributed by atoms with E-state index in [0.29, 0.717) is 12.1 Å². The van der Waals surface area contributed by atoms with Gasteiger partial charge in [0, 0.05) is 55.1 Å². The van der Waals surface area contributed by atoms with Crippen LogP contribution in [-0.4, -0.2) is 201 Å². The van der Waals surface area contributed by atoms with E-state index in [0.717, 1.165) is 37.4 Å². The normalized spacial score (nSPS) is 26.3. The highest BCUT2D eigenvalue weighted by molar-refractivity contribution is 8.76. The minimum Gasteiger partial charge on any atom is -0.481 e. The van der Waals surface area contributed by atoms with E-state index in [1.54, 1.807) is 12.1 Å². The number of benzene rings is 1. The first-order valence-corrected chi connectivity index (χ1v) is 32.6. The summed E-state index contributed by atoms with van der Waals surface area (Å²) in [5, 5.41) is 59.7. The van der Waals surface area contributed by atoms with Gasteiger partial charge in [-0.15, -0.1) is 0 Å². The van der Waals surface area contributed by atoms with Crippen LogP contribution in [0.5, 0.6) is 0 Å². The third-order valence-electron chi connectivity index (χ3n) is 15.6. The van der Waals surface area contributed by atoms with E-state index in [1.165, 1.54) is 6.92 Å². The average molecular weight is 1310 g/mol. The van der Waals surface area contributed by atoms with E-state index in [9.17, 15) is 72.5 Å². The molecule has 10 amide bonds. The van der Waals surface area contributed by atoms with Crippen molar-refractivity contribution >= 4 is 121 Å². The van der Waals surface area contributed by atoms with Gasteiger partial charge in [-0.1, -0.05) is 59.0 Å². The second-order valence-corrected chi connectivity index (χ2v) is 25.3. The van der Waals surface area contributed by atoms with Crippen molar-refractivity contribution in [3.63, 3.8) is 0 Å². The number of ketones is 2. The number of primary amides is 1. The Morgan fingerprint density at radius 2 is 1.35 bits per heavy atom. The fourth-order valence-electron chi connectivity index (χ4n) is 10.6. The zero-order valence-corrected chi connectivity index (χ0v) is 52.2. The number of aliphatic hydroxyl groups excluding tert-OH is 1. The Balaban J connectivity index is 1.65. The SMILES string of the molecule is C[C@@H]1NC(=O)[C@@H]2CCCC[C@H](NC(=O)CN)C(=O)C[C@@H](CSSC[C@@H](C(N)=O)NC(=O)[C@H](CCCCC(=N)N)NC(=O)[C@H](Cc3cc4ccccc4[nH]3)CC1=O)C(=O)N[C@@H](CO)C(=O)N[C@@H](CC(=O)O)C(=O)N1CCCC1C(=O)N[C@@H](CCCNC(=N)N)C(=O)N2. The fourth-order valence-corrected chi connectivity index (χ4v) is 13.1. The van der Waals surface area contributed by atoms with E-state index < -0.39 is 181 Å². The first-order chi connectivity index (χ1) is 43.3. The number of fused-ring (bicyclic) bond motifs is 10. The highest BCUT2D eigenvalue weighted by Crippen LogP contribution is 2.28. The number of carboxylic acid groups (broad SMARTS) is 1. The molecule has 11 atom stereocenters. The predicted octanol–water partition coefficient (Wildman–Crippen LogP) is -3.61. The number of nitrogens with two attached hydrogens (primary N) is 4. The van der Waals surface area contributed by atoms with E-state index >= 15 is 0 Å². The second-order valence-electron chi connectivity index (χ2n) is 22.7. The summed E-state index contributed by atoms with van der Waals surface area (Å²) in [5.74, 6) is -16.2. The molecule has 34 heteroatoms. The highest BCUT2D eigenvalue weighted by Gasteiger charge is 2.42. The van der Waals surface area contributed by atoms with Gasteiger partial charge in [-0.2, -0.15) is 0 Å². The minimum absolute atomic E-state index is 0.00580. The Morgan fingerprint density at radius 1 is 0.703 bits per heavy atom. The number of aromatic amines is 1. The van der Waals surface area contributed by atoms with Gasteiger partial charge in [0.1, 0.15) is 42.3 Å². The zero-order valence-electron chi connectivity index (χ0n) is 50.6. The summed E-state index contributed by atoms with van der Waals surface area (Å²) in [7, 11) is 1.84. The zero-order chi connectivity index (χ0) is 66.9. The van der Waals surface area contributed by atoms with Crippen LogP contribution in [0.2, 0.25) is 0 Å². The van der Waals surface area contributed by atoms with Gasteiger partial charge in [-0.25, -0.2) is 0 Å². The molecule has 3 aliphatic heterocycles. The molecule has 1 aromatic heterocycles. The Labute approximate surface area is 532 Å². The molecule has 5 rings (SSSR count). The number of guanidine groups is 1. The minimum atomic E-state index is -1.90. The molecule has 1 unspecified atom stereocenters. The topological polar surface area (TPSA) is 541 Å². The van der Waals surface area contributed by atoms with Gasteiger partial charge < -0.3 is 90.9 Å². The maximum atomic E-state index is 14.7. The van der Waals surface area contributed by atoms with Crippen molar-refractivity contribution in [2.75, 3.05) is 37.7 Å². The van der Waals surface area contributed by atoms with Crippen molar-refractivity contribution in [3.8, 4) is 0 Å². The molecular formula is C57H85N17O15S2. The van der Waals surface area contributed by atoms with Crippen molar-refractivity contribution in [1.82, 2.24) is 57.7 Å².